The van der Waals surface area contributed by atoms with Gasteiger partial charge in [0.25, 0.3) is 11.6 Å². The summed E-state index contributed by atoms with van der Waals surface area (Å²) in [5.74, 6) is -0.974. The number of nitrogens with one attached hydrogen (secondary N) is 1. The lowest BCUT2D eigenvalue weighted by Gasteiger charge is -2.03. The first kappa shape index (κ1) is 20.4. The van der Waals surface area contributed by atoms with E-state index < -0.39 is 16.6 Å². The van der Waals surface area contributed by atoms with E-state index in [-0.39, 0.29) is 11.3 Å². The van der Waals surface area contributed by atoms with Crippen LogP contribution in [0.3, 0.4) is 0 Å². The van der Waals surface area contributed by atoms with Crippen molar-refractivity contribution in [3.63, 3.8) is 0 Å². The first-order valence-corrected chi connectivity index (χ1v) is 10.1. The molecular formula is C23H16FN3O3S. The number of aryl methyl sites for hydroxylation is 1. The Balaban J connectivity index is 1.74. The Bertz CT molecular complexity index is 1270. The number of hydrogen-bond donors (Lipinski definition) is 1. The molecule has 154 valence electrons. The topological polar surface area (TPSA) is 85.1 Å². The number of benzene rings is 3. The van der Waals surface area contributed by atoms with Crippen LogP contribution in [0, 0.1) is 22.9 Å². The van der Waals surface area contributed by atoms with E-state index in [0.717, 1.165) is 22.1 Å². The highest BCUT2D eigenvalue weighted by molar-refractivity contribution is 7.19. The molecule has 0 aliphatic heterocycles. The fourth-order valence-electron chi connectivity index (χ4n) is 3.01. The van der Waals surface area contributed by atoms with Gasteiger partial charge in [0.2, 0.25) is 0 Å². The number of carbonyl (C=O) groups excluding carboxylic acids is 1. The number of hydrogen-bond acceptors (Lipinski definition) is 5. The van der Waals surface area contributed by atoms with Gasteiger partial charge >= 0.3 is 0 Å². The van der Waals surface area contributed by atoms with Gasteiger partial charge < -0.3 is 0 Å². The standard InChI is InChI=1S/C23H16FN3O3S/c1-14-5-7-16(8-6-14)21-20(15-9-11-19(12-10-15)27(29)30)25-23(31-21)26-22(28)17-3-2-4-18(24)13-17/h2-13H,1H3,(H,25,26,28). The van der Waals surface area contributed by atoms with Gasteiger partial charge in [-0.1, -0.05) is 47.2 Å². The maximum Gasteiger partial charge on any atom is 0.269 e. The minimum absolute atomic E-state index is 0.0181. The van der Waals surface area contributed by atoms with Crippen molar-refractivity contribution < 1.29 is 14.1 Å². The van der Waals surface area contributed by atoms with Crippen LogP contribution in [-0.2, 0) is 0 Å². The van der Waals surface area contributed by atoms with Gasteiger partial charge in [0.1, 0.15) is 5.82 Å². The molecule has 0 saturated heterocycles. The predicted octanol–water partition coefficient (Wildman–Crippen LogP) is 6.09. The largest absolute Gasteiger partial charge is 0.298 e. The third kappa shape index (κ3) is 4.49. The highest BCUT2D eigenvalue weighted by atomic mass is 32.1. The number of non-ortho nitro benzene ring substituents is 1. The van der Waals surface area contributed by atoms with Crippen LogP contribution >= 0.6 is 11.3 Å². The number of halogens is 1. The maximum atomic E-state index is 13.5. The van der Waals surface area contributed by atoms with Crippen molar-refractivity contribution in [3.8, 4) is 21.7 Å². The number of thiazole rings is 1. The number of anilines is 1. The van der Waals surface area contributed by atoms with Gasteiger partial charge in [-0.15, -0.1) is 0 Å². The Morgan fingerprint density at radius 1 is 1.03 bits per heavy atom. The molecule has 0 atom stereocenters. The van der Waals surface area contributed by atoms with E-state index in [2.05, 4.69) is 10.3 Å². The van der Waals surface area contributed by atoms with E-state index in [1.165, 1.54) is 41.7 Å². The summed E-state index contributed by atoms with van der Waals surface area (Å²) in [7, 11) is 0. The second-order valence-corrected chi connectivity index (χ2v) is 7.83. The van der Waals surface area contributed by atoms with Crippen molar-refractivity contribution in [3.05, 3.63) is 99.9 Å². The molecule has 3 aromatic carbocycles. The van der Waals surface area contributed by atoms with E-state index in [9.17, 15) is 19.3 Å². The summed E-state index contributed by atoms with van der Waals surface area (Å²) < 4.78 is 13.5. The minimum atomic E-state index is -0.501. The van der Waals surface area contributed by atoms with Crippen molar-refractivity contribution in [2.75, 3.05) is 5.32 Å². The molecule has 0 spiro atoms. The molecule has 0 aliphatic carbocycles. The Hall–Kier alpha value is -3.91. The van der Waals surface area contributed by atoms with Crippen LogP contribution in [0.1, 0.15) is 15.9 Å². The van der Waals surface area contributed by atoms with Crippen LogP contribution in [0.2, 0.25) is 0 Å². The van der Waals surface area contributed by atoms with E-state index in [1.54, 1.807) is 12.1 Å². The van der Waals surface area contributed by atoms with E-state index >= 15 is 0 Å². The Labute approximate surface area is 181 Å². The highest BCUT2D eigenvalue weighted by Crippen LogP contribution is 2.39. The average molecular weight is 433 g/mol. The van der Waals surface area contributed by atoms with Gasteiger partial charge in [0, 0.05) is 23.3 Å². The molecule has 8 heteroatoms. The lowest BCUT2D eigenvalue weighted by atomic mass is 10.1. The molecule has 0 aliphatic rings. The summed E-state index contributed by atoms with van der Waals surface area (Å²) in [5.41, 5.74) is 3.45. The van der Waals surface area contributed by atoms with Crippen LogP contribution in [0.5, 0.6) is 0 Å². The fraction of sp³-hybridized carbons (Fsp3) is 0.0435. The Morgan fingerprint density at radius 2 is 1.71 bits per heavy atom. The van der Waals surface area contributed by atoms with Crippen LogP contribution in [0.15, 0.2) is 72.8 Å². The lowest BCUT2D eigenvalue weighted by molar-refractivity contribution is -0.384. The van der Waals surface area contributed by atoms with Gasteiger partial charge in [0.05, 0.1) is 15.5 Å². The summed E-state index contributed by atoms with van der Waals surface area (Å²) in [5, 5.41) is 14.0. The minimum Gasteiger partial charge on any atom is -0.298 e. The summed E-state index contributed by atoms with van der Waals surface area (Å²) >= 11 is 1.28. The smallest absolute Gasteiger partial charge is 0.269 e. The van der Waals surface area contributed by atoms with Gasteiger partial charge in [-0.25, -0.2) is 9.37 Å². The molecule has 0 unspecified atom stereocenters. The quantitative estimate of drug-likeness (QED) is 0.305. The van der Waals surface area contributed by atoms with E-state index in [1.807, 2.05) is 31.2 Å². The molecule has 0 fully saturated rings. The maximum absolute atomic E-state index is 13.5. The molecule has 4 rings (SSSR count). The monoisotopic (exact) mass is 433 g/mol. The van der Waals surface area contributed by atoms with Gasteiger partial charge in [-0.3, -0.25) is 20.2 Å². The normalized spacial score (nSPS) is 10.6. The second-order valence-electron chi connectivity index (χ2n) is 6.83. The highest BCUT2D eigenvalue weighted by Gasteiger charge is 2.18. The molecule has 1 N–H and O–H groups in total. The van der Waals surface area contributed by atoms with E-state index in [0.29, 0.717) is 16.4 Å². The SMILES string of the molecule is Cc1ccc(-c2sc(NC(=O)c3cccc(F)c3)nc2-c2ccc([N+](=O)[O-])cc2)cc1. The number of amides is 1. The first-order valence-electron chi connectivity index (χ1n) is 9.30. The van der Waals surface area contributed by atoms with Crippen LogP contribution in [0.25, 0.3) is 21.7 Å². The summed E-state index contributed by atoms with van der Waals surface area (Å²) in [6, 6.07) is 19.3. The lowest BCUT2D eigenvalue weighted by Crippen LogP contribution is -2.11. The number of nitrogens with zero attached hydrogens (tertiary/aromatic N) is 2. The van der Waals surface area contributed by atoms with Gasteiger partial charge in [-0.05, 0) is 42.8 Å². The van der Waals surface area contributed by atoms with Crippen molar-refractivity contribution in [2.24, 2.45) is 0 Å². The third-order valence-electron chi connectivity index (χ3n) is 4.60. The number of rotatable bonds is 5. The van der Waals surface area contributed by atoms with Crippen LogP contribution in [0.4, 0.5) is 15.2 Å². The molecule has 1 amide bonds. The van der Waals surface area contributed by atoms with Crippen molar-refractivity contribution in [2.45, 2.75) is 6.92 Å². The molecule has 6 nitrogen and oxygen atoms in total. The molecule has 1 heterocycles. The fourth-order valence-corrected chi connectivity index (χ4v) is 4.00. The predicted molar refractivity (Wildman–Crippen MR) is 119 cm³/mol. The zero-order valence-electron chi connectivity index (χ0n) is 16.3. The number of carbonyl (C=O) groups is 1. The molecule has 31 heavy (non-hydrogen) atoms. The summed E-state index contributed by atoms with van der Waals surface area (Å²) in [4.78, 5) is 28.4. The third-order valence-corrected chi connectivity index (χ3v) is 5.62. The molecule has 4 aromatic rings. The summed E-state index contributed by atoms with van der Waals surface area (Å²) in [6.07, 6.45) is 0. The van der Waals surface area contributed by atoms with Crippen LogP contribution in [-0.4, -0.2) is 15.8 Å². The first-order chi connectivity index (χ1) is 14.9. The summed E-state index contributed by atoms with van der Waals surface area (Å²) in [6.45, 7) is 1.98. The number of nitro benzene ring substituents is 1. The molecular weight excluding hydrogens is 417 g/mol. The van der Waals surface area contributed by atoms with Gasteiger partial charge in [-0.2, -0.15) is 0 Å². The molecule has 0 bridgehead atoms. The van der Waals surface area contributed by atoms with Crippen molar-refractivity contribution in [1.82, 2.24) is 4.98 Å². The van der Waals surface area contributed by atoms with Crippen LogP contribution < -0.4 is 5.32 Å². The zero-order valence-corrected chi connectivity index (χ0v) is 17.2. The van der Waals surface area contributed by atoms with Crippen molar-refractivity contribution in [1.29, 1.82) is 0 Å². The molecule has 0 saturated carbocycles. The van der Waals surface area contributed by atoms with E-state index in [4.69, 9.17) is 0 Å². The molecule has 0 radical (unpaired) electrons. The second kappa shape index (κ2) is 8.45. The number of nitro groups is 1. The van der Waals surface area contributed by atoms with Crippen molar-refractivity contribution >= 4 is 28.1 Å². The number of aromatic nitrogens is 1. The average Bonchev–Trinajstić information content (AvgIpc) is 3.18. The Morgan fingerprint density at radius 3 is 2.35 bits per heavy atom. The van der Waals surface area contributed by atoms with Gasteiger partial charge in [0.15, 0.2) is 5.13 Å². The Kier molecular flexibility index (Phi) is 5.55. The molecule has 1 aromatic heterocycles. The zero-order chi connectivity index (χ0) is 22.0.